The molecule has 1 fully saturated rings. The Morgan fingerprint density at radius 3 is 2.35 bits per heavy atom. The van der Waals surface area contributed by atoms with E-state index in [-0.39, 0.29) is 23.7 Å². The number of carbonyl (C=O) groups excluding carboxylic acids is 1. The third-order valence-corrected chi connectivity index (χ3v) is 5.21. The number of carbonyl (C=O) groups is 1. The number of nitrogens with zero attached hydrogens (tertiary/aromatic N) is 1. The maximum Gasteiger partial charge on any atom is 0.223 e. The largest absolute Gasteiger partial charge is 0.349 e. The number of nitrogens with one attached hydrogen (secondary N) is 1. The quantitative estimate of drug-likeness (QED) is 0.872. The number of benzene rings is 2. The zero-order valence-electron chi connectivity index (χ0n) is 15.5. The molecule has 0 unspecified atom stereocenters. The van der Waals surface area contributed by atoms with Crippen molar-refractivity contribution >= 4 is 5.91 Å². The van der Waals surface area contributed by atoms with E-state index in [1.54, 1.807) is 12.1 Å². The highest BCUT2D eigenvalue weighted by Gasteiger charge is 2.26. The smallest absolute Gasteiger partial charge is 0.223 e. The molecule has 1 amide bonds. The molecule has 1 atom stereocenters. The van der Waals surface area contributed by atoms with Crippen LogP contribution in [0.4, 0.5) is 4.39 Å². The molecule has 2 aromatic rings. The third kappa shape index (κ3) is 4.92. The van der Waals surface area contributed by atoms with Crippen LogP contribution in [0.2, 0.25) is 0 Å². The summed E-state index contributed by atoms with van der Waals surface area (Å²) in [7, 11) is 0. The highest BCUT2D eigenvalue weighted by Crippen LogP contribution is 2.21. The number of rotatable bonds is 5. The molecule has 2 aromatic carbocycles. The molecular weight excluding hydrogens is 327 g/mol. The molecule has 138 valence electrons. The number of likely N-dealkylation sites (tertiary alicyclic amines) is 1. The van der Waals surface area contributed by atoms with Gasteiger partial charge in [0.25, 0.3) is 0 Å². The number of hydrogen-bond donors (Lipinski definition) is 1. The molecule has 26 heavy (non-hydrogen) atoms. The Hall–Kier alpha value is -2.20. The van der Waals surface area contributed by atoms with Gasteiger partial charge in [0.2, 0.25) is 5.91 Å². The van der Waals surface area contributed by atoms with Crippen LogP contribution in [0.3, 0.4) is 0 Å². The summed E-state index contributed by atoms with van der Waals surface area (Å²) in [5, 5.41) is 3.08. The number of halogens is 1. The summed E-state index contributed by atoms with van der Waals surface area (Å²) in [5.74, 6) is -0.0859. The van der Waals surface area contributed by atoms with Crippen molar-refractivity contribution in [3.63, 3.8) is 0 Å². The summed E-state index contributed by atoms with van der Waals surface area (Å²) in [6.07, 6.45) is 1.77. The highest BCUT2D eigenvalue weighted by molar-refractivity contribution is 5.79. The second kappa shape index (κ2) is 8.45. The Balaban J connectivity index is 1.47. The van der Waals surface area contributed by atoms with Crippen molar-refractivity contribution in [2.45, 2.75) is 39.3 Å². The molecular formula is C22H27FN2O. The Morgan fingerprint density at radius 1 is 1.12 bits per heavy atom. The lowest BCUT2D eigenvalue weighted by molar-refractivity contribution is -0.127. The number of aryl methyl sites for hydroxylation is 1. The summed E-state index contributed by atoms with van der Waals surface area (Å²) in [6.45, 7) is 6.87. The van der Waals surface area contributed by atoms with Crippen LogP contribution in [0.5, 0.6) is 0 Å². The average Bonchev–Trinajstić information content (AvgIpc) is 2.64. The molecule has 1 N–H and O–H groups in total. The summed E-state index contributed by atoms with van der Waals surface area (Å²) in [6, 6.07) is 14.9. The van der Waals surface area contributed by atoms with Crippen molar-refractivity contribution in [2.24, 2.45) is 5.92 Å². The van der Waals surface area contributed by atoms with Gasteiger partial charge in [0, 0.05) is 12.5 Å². The van der Waals surface area contributed by atoms with Gasteiger partial charge in [-0.15, -0.1) is 0 Å². The van der Waals surface area contributed by atoms with E-state index >= 15 is 0 Å². The molecule has 1 saturated heterocycles. The van der Waals surface area contributed by atoms with Crippen LogP contribution in [-0.4, -0.2) is 23.9 Å². The van der Waals surface area contributed by atoms with E-state index in [1.165, 1.54) is 23.3 Å². The van der Waals surface area contributed by atoms with E-state index < -0.39 is 0 Å². The number of amides is 1. The van der Waals surface area contributed by atoms with E-state index in [2.05, 4.69) is 41.4 Å². The molecule has 0 radical (unpaired) electrons. The van der Waals surface area contributed by atoms with Crippen LogP contribution in [0.15, 0.2) is 48.5 Å². The van der Waals surface area contributed by atoms with Crippen LogP contribution in [0, 0.1) is 18.7 Å². The molecule has 0 spiro atoms. The van der Waals surface area contributed by atoms with Gasteiger partial charge in [-0.05, 0) is 63.0 Å². The van der Waals surface area contributed by atoms with Crippen molar-refractivity contribution in [3.05, 3.63) is 71.0 Å². The van der Waals surface area contributed by atoms with Crippen LogP contribution in [0.1, 0.15) is 42.5 Å². The highest BCUT2D eigenvalue weighted by atomic mass is 19.1. The third-order valence-electron chi connectivity index (χ3n) is 5.21. The fraction of sp³-hybridized carbons (Fsp3) is 0.409. The zero-order valence-corrected chi connectivity index (χ0v) is 15.5. The Bertz CT molecular complexity index is 719. The molecule has 1 aliphatic rings. The first-order valence-corrected chi connectivity index (χ1v) is 9.35. The second-order valence-electron chi connectivity index (χ2n) is 7.32. The van der Waals surface area contributed by atoms with E-state index in [4.69, 9.17) is 0 Å². The molecule has 3 rings (SSSR count). The fourth-order valence-corrected chi connectivity index (χ4v) is 3.47. The Morgan fingerprint density at radius 2 is 1.73 bits per heavy atom. The molecule has 1 heterocycles. The average molecular weight is 354 g/mol. The minimum atomic E-state index is -0.256. The molecule has 4 heteroatoms. The minimum absolute atomic E-state index is 0.0622. The fourth-order valence-electron chi connectivity index (χ4n) is 3.47. The van der Waals surface area contributed by atoms with Crippen LogP contribution in [-0.2, 0) is 11.3 Å². The van der Waals surface area contributed by atoms with Crippen LogP contribution < -0.4 is 5.32 Å². The monoisotopic (exact) mass is 354 g/mol. The first kappa shape index (κ1) is 18.6. The predicted octanol–water partition coefficient (Wildman–Crippen LogP) is 4.22. The van der Waals surface area contributed by atoms with E-state index in [1.807, 2.05) is 6.92 Å². The zero-order chi connectivity index (χ0) is 18.5. The maximum absolute atomic E-state index is 13.0. The SMILES string of the molecule is Cc1ccc(CN2CCC(C(=O)N[C@@H](C)c3ccc(F)cc3)CC2)cc1. The number of hydrogen-bond acceptors (Lipinski definition) is 2. The summed E-state index contributed by atoms with van der Waals surface area (Å²) in [4.78, 5) is 15.0. The molecule has 0 saturated carbocycles. The standard InChI is InChI=1S/C22H27FN2O/c1-16-3-5-18(6-4-16)15-25-13-11-20(12-14-25)22(26)24-17(2)19-7-9-21(23)10-8-19/h3-10,17,20H,11-15H2,1-2H3,(H,24,26)/t17-/m0/s1. The van der Waals surface area contributed by atoms with Gasteiger partial charge in [-0.1, -0.05) is 42.0 Å². The topological polar surface area (TPSA) is 32.3 Å². The van der Waals surface area contributed by atoms with Gasteiger partial charge in [-0.2, -0.15) is 0 Å². The first-order chi connectivity index (χ1) is 12.5. The molecule has 0 aliphatic carbocycles. The van der Waals surface area contributed by atoms with Crippen LogP contribution in [0.25, 0.3) is 0 Å². The summed E-state index contributed by atoms with van der Waals surface area (Å²) in [5.41, 5.74) is 3.53. The van der Waals surface area contributed by atoms with Crippen molar-refractivity contribution in [3.8, 4) is 0 Å². The van der Waals surface area contributed by atoms with E-state index in [0.717, 1.165) is 38.0 Å². The van der Waals surface area contributed by atoms with Gasteiger partial charge in [0.15, 0.2) is 0 Å². The normalized spacial score (nSPS) is 17.0. The first-order valence-electron chi connectivity index (χ1n) is 9.35. The van der Waals surface area contributed by atoms with Crippen molar-refractivity contribution in [1.82, 2.24) is 10.2 Å². The van der Waals surface area contributed by atoms with Crippen molar-refractivity contribution in [1.29, 1.82) is 0 Å². The van der Waals surface area contributed by atoms with Gasteiger partial charge < -0.3 is 5.32 Å². The minimum Gasteiger partial charge on any atom is -0.349 e. The predicted molar refractivity (Wildman–Crippen MR) is 102 cm³/mol. The Labute approximate surface area is 155 Å². The van der Waals surface area contributed by atoms with Gasteiger partial charge in [0.05, 0.1) is 6.04 Å². The molecule has 0 aromatic heterocycles. The van der Waals surface area contributed by atoms with Crippen LogP contribution >= 0.6 is 0 Å². The molecule has 3 nitrogen and oxygen atoms in total. The van der Waals surface area contributed by atoms with Gasteiger partial charge >= 0.3 is 0 Å². The lowest BCUT2D eigenvalue weighted by Gasteiger charge is -2.32. The van der Waals surface area contributed by atoms with Gasteiger partial charge in [-0.25, -0.2) is 4.39 Å². The molecule has 1 aliphatic heterocycles. The summed E-state index contributed by atoms with van der Waals surface area (Å²) < 4.78 is 13.0. The van der Waals surface area contributed by atoms with Crippen molar-refractivity contribution < 1.29 is 9.18 Å². The number of piperidine rings is 1. The summed E-state index contributed by atoms with van der Waals surface area (Å²) >= 11 is 0. The van der Waals surface area contributed by atoms with Gasteiger partial charge in [0.1, 0.15) is 5.82 Å². The van der Waals surface area contributed by atoms with Gasteiger partial charge in [-0.3, -0.25) is 9.69 Å². The van der Waals surface area contributed by atoms with E-state index in [9.17, 15) is 9.18 Å². The van der Waals surface area contributed by atoms with Crippen molar-refractivity contribution in [2.75, 3.05) is 13.1 Å². The molecule has 0 bridgehead atoms. The second-order valence-corrected chi connectivity index (χ2v) is 7.32. The Kier molecular flexibility index (Phi) is 6.04. The maximum atomic E-state index is 13.0. The lowest BCUT2D eigenvalue weighted by Crippen LogP contribution is -2.40. The van der Waals surface area contributed by atoms with E-state index in [0.29, 0.717) is 0 Å². The lowest BCUT2D eigenvalue weighted by atomic mass is 9.94.